The zero-order valence-corrected chi connectivity index (χ0v) is 15.8. The Kier molecular flexibility index (Phi) is 4.97. The van der Waals surface area contributed by atoms with Crippen LogP contribution < -0.4 is 4.84 Å². The zero-order chi connectivity index (χ0) is 20.4. The number of carbonyl (C=O) groups excluding carboxylic acids is 1. The van der Waals surface area contributed by atoms with Gasteiger partial charge in [0.2, 0.25) is 0 Å². The summed E-state index contributed by atoms with van der Waals surface area (Å²) in [6.07, 6.45) is 5.48. The molecule has 4 aromatic rings. The van der Waals surface area contributed by atoms with Gasteiger partial charge in [-0.25, -0.2) is 14.8 Å². The number of nitrogens with one attached hydrogen (secondary N) is 1. The van der Waals surface area contributed by atoms with E-state index in [1.807, 2.05) is 22.7 Å². The van der Waals surface area contributed by atoms with Gasteiger partial charge in [-0.15, -0.1) is 0 Å². The number of imidazole rings is 1. The Morgan fingerprint density at radius 1 is 1.03 bits per heavy atom. The van der Waals surface area contributed by atoms with Gasteiger partial charge in [-0.2, -0.15) is 0 Å². The Labute approximate surface area is 170 Å². The largest absolute Gasteiger partial charge is 0.478 e. The molecule has 0 aliphatic carbocycles. The topological polar surface area (TPSA) is 96.6 Å². The second-order valence-corrected chi connectivity index (χ2v) is 6.60. The summed E-state index contributed by atoms with van der Waals surface area (Å²) >= 11 is 5.75. The molecule has 29 heavy (non-hydrogen) atoms. The van der Waals surface area contributed by atoms with Gasteiger partial charge in [0.15, 0.2) is 17.2 Å². The van der Waals surface area contributed by atoms with Crippen molar-refractivity contribution in [3.8, 4) is 11.3 Å². The van der Waals surface area contributed by atoms with Crippen LogP contribution in [0.1, 0.15) is 26.3 Å². The number of carboxylic acid groups (broad SMARTS) is 1. The minimum absolute atomic E-state index is 0.0549. The summed E-state index contributed by atoms with van der Waals surface area (Å²) in [5.41, 5.74) is 3.64. The number of hydrogen-bond acceptors (Lipinski definition) is 5. The van der Waals surface area contributed by atoms with Crippen LogP contribution in [-0.2, 0) is 6.42 Å². The number of benzene rings is 2. The van der Waals surface area contributed by atoms with Gasteiger partial charge in [-0.05, 0) is 17.7 Å². The third kappa shape index (κ3) is 3.81. The van der Waals surface area contributed by atoms with Crippen molar-refractivity contribution >= 4 is 35.0 Å². The first kappa shape index (κ1) is 18.6. The van der Waals surface area contributed by atoms with Crippen LogP contribution in [0.2, 0.25) is 0 Å². The van der Waals surface area contributed by atoms with Crippen LogP contribution in [0, 0.1) is 0 Å². The van der Waals surface area contributed by atoms with E-state index in [-0.39, 0.29) is 17.8 Å². The molecule has 2 aromatic carbocycles. The molecular weight excluding hydrogens is 392 g/mol. The van der Waals surface area contributed by atoms with Gasteiger partial charge in [0.05, 0.1) is 11.3 Å². The molecule has 0 atom stereocenters. The molecule has 8 heteroatoms. The molecule has 144 valence electrons. The Bertz CT molecular complexity index is 1200. The average Bonchev–Trinajstić information content (AvgIpc) is 3.22. The highest BCUT2D eigenvalue weighted by Crippen LogP contribution is 2.23. The lowest BCUT2D eigenvalue weighted by molar-refractivity contribution is 0.0696. The van der Waals surface area contributed by atoms with Gasteiger partial charge in [0.1, 0.15) is 0 Å². The quantitative estimate of drug-likeness (QED) is 0.370. The molecule has 2 N–H and O–H groups in total. The molecule has 0 aliphatic heterocycles. The van der Waals surface area contributed by atoms with Gasteiger partial charge in [-0.1, -0.05) is 36.4 Å². The first-order valence-electron chi connectivity index (χ1n) is 8.71. The monoisotopic (exact) mass is 406 g/mol. The predicted molar refractivity (Wildman–Crippen MR) is 109 cm³/mol. The first-order chi connectivity index (χ1) is 14.0. The highest BCUT2D eigenvalue weighted by Gasteiger charge is 2.11. The van der Waals surface area contributed by atoms with E-state index in [0.29, 0.717) is 22.7 Å². The lowest BCUT2D eigenvalue weighted by Crippen LogP contribution is -2.04. The highest BCUT2D eigenvalue weighted by molar-refractivity contribution is 6.24. The summed E-state index contributed by atoms with van der Waals surface area (Å²) in [6, 6.07) is 13.4. The molecular formula is C21H15ClN4O3. The van der Waals surface area contributed by atoms with Gasteiger partial charge in [0, 0.05) is 47.9 Å². The third-order valence-corrected chi connectivity index (χ3v) is 4.71. The fourth-order valence-electron chi connectivity index (χ4n) is 3.01. The summed E-state index contributed by atoms with van der Waals surface area (Å²) in [6.45, 7) is 0. The summed E-state index contributed by atoms with van der Waals surface area (Å²) < 4.78 is 1.81. The molecule has 2 heterocycles. The van der Waals surface area contributed by atoms with Crippen molar-refractivity contribution in [1.29, 1.82) is 0 Å². The number of hydrogen-bond donors (Lipinski definition) is 2. The first-order valence-corrected chi connectivity index (χ1v) is 9.09. The summed E-state index contributed by atoms with van der Waals surface area (Å²) in [4.78, 5) is 34.6. The lowest BCUT2D eigenvalue weighted by atomic mass is 10.0. The average molecular weight is 407 g/mol. The van der Waals surface area contributed by atoms with E-state index in [4.69, 9.17) is 16.9 Å². The minimum Gasteiger partial charge on any atom is -0.478 e. The standard InChI is InChI=1S/C21H15ClN4O3/c22-25-19-20-23-9-10-26(20)12-17(24-19)14-5-7-15(8-6-14)18(27)11-13-1-3-16(4-2-13)21(28)29/h1-10,12H,11H2,(H,24,25)(H,28,29). The van der Waals surface area contributed by atoms with E-state index in [0.717, 1.165) is 11.1 Å². The zero-order valence-electron chi connectivity index (χ0n) is 15.0. The Morgan fingerprint density at radius 2 is 1.72 bits per heavy atom. The number of nitrogens with zero attached hydrogens (tertiary/aromatic N) is 3. The maximum Gasteiger partial charge on any atom is 0.335 e. The summed E-state index contributed by atoms with van der Waals surface area (Å²) in [7, 11) is 0. The van der Waals surface area contributed by atoms with Gasteiger partial charge < -0.3 is 9.51 Å². The lowest BCUT2D eigenvalue weighted by Gasteiger charge is -2.07. The molecule has 7 nitrogen and oxygen atoms in total. The van der Waals surface area contributed by atoms with Crippen molar-refractivity contribution in [1.82, 2.24) is 14.4 Å². The normalized spacial score (nSPS) is 10.8. The second kappa shape index (κ2) is 7.73. The minimum atomic E-state index is -0.992. The smallest absolute Gasteiger partial charge is 0.335 e. The molecule has 0 spiro atoms. The SMILES string of the molecule is O=C(O)c1ccc(CC(=O)c2ccc(-c3cn4ccnc4c(NCl)n3)cc2)cc1. The maximum absolute atomic E-state index is 12.5. The number of Topliss-reactive ketones (excluding diaryl/α,β-unsaturated/α-hetero) is 1. The molecule has 0 saturated heterocycles. The molecule has 0 unspecified atom stereocenters. The molecule has 0 aliphatic rings. The Morgan fingerprint density at radius 3 is 2.38 bits per heavy atom. The number of fused-ring (bicyclic) bond motifs is 1. The van der Waals surface area contributed by atoms with Gasteiger partial charge in [0.25, 0.3) is 0 Å². The molecule has 0 bridgehead atoms. The van der Waals surface area contributed by atoms with Crippen molar-refractivity contribution in [2.75, 3.05) is 4.84 Å². The van der Waals surface area contributed by atoms with Gasteiger partial charge >= 0.3 is 5.97 Å². The van der Waals surface area contributed by atoms with E-state index >= 15 is 0 Å². The maximum atomic E-state index is 12.5. The number of carbonyl (C=O) groups is 2. The van der Waals surface area contributed by atoms with Crippen LogP contribution in [-0.4, -0.2) is 31.2 Å². The van der Waals surface area contributed by atoms with Crippen molar-refractivity contribution in [2.24, 2.45) is 0 Å². The summed E-state index contributed by atoms with van der Waals surface area (Å²) in [5, 5.41) is 8.95. The number of aromatic carboxylic acids is 1. The molecule has 0 fully saturated rings. The van der Waals surface area contributed by atoms with Gasteiger partial charge in [-0.3, -0.25) is 9.63 Å². The molecule has 0 saturated carbocycles. The number of halogens is 1. The van der Waals surface area contributed by atoms with Crippen LogP contribution in [0.5, 0.6) is 0 Å². The fraction of sp³-hybridized carbons (Fsp3) is 0.0476. The fourth-order valence-corrected chi connectivity index (χ4v) is 3.14. The van der Waals surface area contributed by atoms with Crippen molar-refractivity contribution < 1.29 is 14.7 Å². The van der Waals surface area contributed by atoms with Crippen LogP contribution >= 0.6 is 11.8 Å². The number of anilines is 1. The number of carboxylic acids is 1. The molecule has 0 amide bonds. The number of aromatic nitrogens is 3. The second-order valence-electron chi connectivity index (χ2n) is 6.41. The molecule has 2 aromatic heterocycles. The molecule has 4 rings (SSSR count). The number of ketones is 1. The van der Waals surface area contributed by atoms with Crippen LogP contribution in [0.4, 0.5) is 5.82 Å². The van der Waals surface area contributed by atoms with E-state index in [2.05, 4.69) is 14.8 Å². The Hall–Kier alpha value is -3.71. The van der Waals surface area contributed by atoms with Crippen LogP contribution in [0.3, 0.4) is 0 Å². The van der Waals surface area contributed by atoms with E-state index in [9.17, 15) is 9.59 Å². The van der Waals surface area contributed by atoms with Crippen molar-refractivity contribution in [3.05, 3.63) is 83.8 Å². The molecule has 0 radical (unpaired) electrons. The summed E-state index contributed by atoms with van der Waals surface area (Å²) in [5.74, 6) is -0.603. The highest BCUT2D eigenvalue weighted by atomic mass is 35.5. The Balaban J connectivity index is 1.54. The van der Waals surface area contributed by atoms with E-state index < -0.39 is 5.97 Å². The number of rotatable bonds is 6. The van der Waals surface area contributed by atoms with E-state index in [1.165, 1.54) is 12.1 Å². The third-order valence-electron chi connectivity index (χ3n) is 4.53. The van der Waals surface area contributed by atoms with Crippen molar-refractivity contribution in [3.63, 3.8) is 0 Å². The van der Waals surface area contributed by atoms with Crippen LogP contribution in [0.25, 0.3) is 16.9 Å². The van der Waals surface area contributed by atoms with Crippen LogP contribution in [0.15, 0.2) is 67.1 Å². The van der Waals surface area contributed by atoms with E-state index in [1.54, 1.807) is 36.7 Å². The van der Waals surface area contributed by atoms with Crippen molar-refractivity contribution in [2.45, 2.75) is 6.42 Å². The predicted octanol–water partition coefficient (Wildman–Crippen LogP) is 4.09.